The molecule has 0 N–H and O–H groups in total. The molecule has 2 aromatic carbocycles. The number of para-hydroxylation sites is 1. The molecule has 0 spiro atoms. The van der Waals surface area contributed by atoms with E-state index in [4.69, 9.17) is 9.72 Å². The smallest absolute Gasteiger partial charge is 0.266 e. The Labute approximate surface area is 195 Å². The molecule has 1 saturated carbocycles. The topological polar surface area (TPSA) is 64.4 Å². The van der Waals surface area contributed by atoms with Gasteiger partial charge in [0.15, 0.2) is 0 Å². The first kappa shape index (κ1) is 23.0. The van der Waals surface area contributed by atoms with E-state index in [0.717, 1.165) is 44.3 Å². The van der Waals surface area contributed by atoms with Gasteiger partial charge in [0, 0.05) is 12.5 Å². The second-order valence-corrected chi connectivity index (χ2v) is 8.87. The molecule has 1 atom stereocenters. The molecule has 6 nitrogen and oxygen atoms in total. The lowest BCUT2D eigenvalue weighted by molar-refractivity contribution is -0.140. The number of hydrogen-bond donors (Lipinski definition) is 0. The highest BCUT2D eigenvalue weighted by atomic mass is 16.5. The number of fused-ring (bicyclic) bond motifs is 1. The van der Waals surface area contributed by atoms with Gasteiger partial charge in [-0.3, -0.25) is 14.2 Å². The standard InChI is InChI=1S/C27H33N3O3/c1-4-5-8-18-29(26(31)20-10-9-11-20)19(2)25-28-24-13-7-6-12-23(24)27(32)30(25)21-14-16-22(33-3)17-15-21/h6-7,12-17,19-20H,4-5,8-11,18H2,1-3H3. The number of carbonyl (C=O) groups excluding carboxylic acids is 1. The summed E-state index contributed by atoms with van der Waals surface area (Å²) in [6.45, 7) is 4.84. The van der Waals surface area contributed by atoms with E-state index in [2.05, 4.69) is 6.92 Å². The molecular weight excluding hydrogens is 414 g/mol. The maximum atomic E-state index is 13.7. The van der Waals surface area contributed by atoms with Crippen LogP contribution in [0.2, 0.25) is 0 Å². The quantitative estimate of drug-likeness (QED) is 0.419. The second-order valence-electron chi connectivity index (χ2n) is 8.87. The van der Waals surface area contributed by atoms with Crippen molar-refractivity contribution in [3.63, 3.8) is 0 Å². The van der Waals surface area contributed by atoms with Crippen LogP contribution in [0.15, 0.2) is 53.3 Å². The first-order valence-electron chi connectivity index (χ1n) is 12.0. The first-order valence-corrected chi connectivity index (χ1v) is 12.0. The maximum Gasteiger partial charge on any atom is 0.266 e. The molecule has 33 heavy (non-hydrogen) atoms. The van der Waals surface area contributed by atoms with Crippen LogP contribution < -0.4 is 10.3 Å². The van der Waals surface area contributed by atoms with E-state index in [1.54, 1.807) is 17.7 Å². The van der Waals surface area contributed by atoms with Crippen molar-refractivity contribution < 1.29 is 9.53 Å². The fourth-order valence-corrected chi connectivity index (χ4v) is 4.47. The Bertz CT molecular complexity index is 1170. The molecule has 0 radical (unpaired) electrons. The first-order chi connectivity index (χ1) is 16.0. The van der Waals surface area contributed by atoms with Gasteiger partial charge in [0.05, 0.1) is 29.7 Å². The van der Waals surface area contributed by atoms with Crippen molar-refractivity contribution in [1.82, 2.24) is 14.5 Å². The zero-order valence-electron chi connectivity index (χ0n) is 19.8. The Balaban J connectivity index is 1.83. The number of unbranched alkanes of at least 4 members (excludes halogenated alkanes) is 2. The molecule has 1 amide bonds. The van der Waals surface area contributed by atoms with E-state index in [0.29, 0.717) is 29.0 Å². The van der Waals surface area contributed by atoms with E-state index >= 15 is 0 Å². The SMILES string of the molecule is CCCCCN(C(=O)C1CCC1)C(C)c1nc2ccccc2c(=O)n1-c1ccc(OC)cc1. The number of rotatable bonds is 9. The number of hydrogen-bond acceptors (Lipinski definition) is 4. The monoisotopic (exact) mass is 447 g/mol. The average molecular weight is 448 g/mol. The lowest BCUT2D eigenvalue weighted by Crippen LogP contribution is -2.42. The molecule has 6 heteroatoms. The third-order valence-electron chi connectivity index (χ3n) is 6.71. The van der Waals surface area contributed by atoms with Crippen LogP contribution in [-0.4, -0.2) is 34.0 Å². The molecule has 1 aliphatic carbocycles. The van der Waals surface area contributed by atoms with Gasteiger partial charge in [-0.2, -0.15) is 0 Å². The van der Waals surface area contributed by atoms with Gasteiger partial charge in [-0.05, 0) is 62.6 Å². The van der Waals surface area contributed by atoms with Gasteiger partial charge < -0.3 is 9.64 Å². The van der Waals surface area contributed by atoms with Gasteiger partial charge in [0.25, 0.3) is 5.56 Å². The summed E-state index contributed by atoms with van der Waals surface area (Å²) < 4.78 is 6.96. The molecular formula is C27H33N3O3. The van der Waals surface area contributed by atoms with E-state index < -0.39 is 0 Å². The second kappa shape index (κ2) is 10.2. The number of amides is 1. The van der Waals surface area contributed by atoms with Crippen LogP contribution in [0.4, 0.5) is 0 Å². The molecule has 1 unspecified atom stereocenters. The summed E-state index contributed by atoms with van der Waals surface area (Å²) in [5, 5.41) is 0.562. The summed E-state index contributed by atoms with van der Waals surface area (Å²) in [5.41, 5.74) is 1.24. The molecule has 1 aliphatic rings. The van der Waals surface area contributed by atoms with Crippen molar-refractivity contribution in [2.75, 3.05) is 13.7 Å². The minimum absolute atomic E-state index is 0.0932. The molecule has 174 valence electrons. The van der Waals surface area contributed by atoms with Crippen molar-refractivity contribution >= 4 is 16.8 Å². The molecule has 4 rings (SSSR count). The predicted molar refractivity (Wildman–Crippen MR) is 131 cm³/mol. The number of benzene rings is 2. The van der Waals surface area contributed by atoms with Gasteiger partial charge in [0.1, 0.15) is 11.6 Å². The predicted octanol–water partition coefficient (Wildman–Crippen LogP) is 5.27. The normalized spacial score (nSPS) is 14.6. The summed E-state index contributed by atoms with van der Waals surface area (Å²) in [5.74, 6) is 1.59. The Kier molecular flexibility index (Phi) is 7.11. The molecule has 0 saturated heterocycles. The largest absolute Gasteiger partial charge is 0.497 e. The Morgan fingerprint density at radius 2 is 1.88 bits per heavy atom. The number of carbonyl (C=O) groups is 1. The molecule has 0 aliphatic heterocycles. The summed E-state index contributed by atoms with van der Waals surface area (Å²) in [4.78, 5) is 33.9. The highest BCUT2D eigenvalue weighted by Crippen LogP contribution is 2.32. The number of ether oxygens (including phenoxy) is 1. The third-order valence-corrected chi connectivity index (χ3v) is 6.71. The van der Waals surface area contributed by atoms with Crippen molar-refractivity contribution in [3.05, 3.63) is 64.7 Å². The van der Waals surface area contributed by atoms with Gasteiger partial charge in [-0.1, -0.05) is 38.3 Å². The Hall–Kier alpha value is -3.15. The summed E-state index contributed by atoms with van der Waals surface area (Å²) in [7, 11) is 1.62. The third kappa shape index (κ3) is 4.65. The number of aromatic nitrogens is 2. The highest BCUT2D eigenvalue weighted by molar-refractivity contribution is 5.80. The highest BCUT2D eigenvalue weighted by Gasteiger charge is 2.33. The fraction of sp³-hybridized carbons (Fsp3) is 0.444. The van der Waals surface area contributed by atoms with Crippen LogP contribution in [0.1, 0.15) is 64.2 Å². The van der Waals surface area contributed by atoms with E-state index in [1.165, 1.54) is 0 Å². The molecule has 1 aromatic heterocycles. The zero-order chi connectivity index (χ0) is 23.4. The van der Waals surface area contributed by atoms with Crippen molar-refractivity contribution in [2.45, 2.75) is 58.4 Å². The lowest BCUT2D eigenvalue weighted by Gasteiger charge is -2.36. The van der Waals surface area contributed by atoms with Crippen LogP contribution in [0, 0.1) is 5.92 Å². The van der Waals surface area contributed by atoms with Crippen molar-refractivity contribution in [1.29, 1.82) is 0 Å². The number of nitrogens with zero attached hydrogens (tertiary/aromatic N) is 3. The van der Waals surface area contributed by atoms with Crippen molar-refractivity contribution in [2.24, 2.45) is 5.92 Å². The molecule has 1 heterocycles. The van der Waals surface area contributed by atoms with Crippen LogP contribution >= 0.6 is 0 Å². The van der Waals surface area contributed by atoms with E-state index in [9.17, 15) is 9.59 Å². The van der Waals surface area contributed by atoms with Gasteiger partial charge >= 0.3 is 0 Å². The molecule has 1 fully saturated rings. The fourth-order valence-electron chi connectivity index (χ4n) is 4.47. The van der Waals surface area contributed by atoms with Crippen LogP contribution in [0.25, 0.3) is 16.6 Å². The summed E-state index contributed by atoms with van der Waals surface area (Å²) >= 11 is 0. The van der Waals surface area contributed by atoms with E-state index in [1.807, 2.05) is 54.3 Å². The average Bonchev–Trinajstić information content (AvgIpc) is 2.80. The Morgan fingerprint density at radius 3 is 2.52 bits per heavy atom. The lowest BCUT2D eigenvalue weighted by atomic mass is 9.84. The van der Waals surface area contributed by atoms with Gasteiger partial charge in [0.2, 0.25) is 5.91 Å². The molecule has 3 aromatic rings. The Morgan fingerprint density at radius 1 is 1.15 bits per heavy atom. The summed E-state index contributed by atoms with van der Waals surface area (Å²) in [6.07, 6.45) is 6.11. The van der Waals surface area contributed by atoms with Crippen LogP contribution in [-0.2, 0) is 4.79 Å². The van der Waals surface area contributed by atoms with E-state index in [-0.39, 0.29) is 23.4 Å². The minimum Gasteiger partial charge on any atom is -0.497 e. The zero-order valence-corrected chi connectivity index (χ0v) is 19.8. The van der Waals surface area contributed by atoms with Crippen LogP contribution in [0.3, 0.4) is 0 Å². The number of methoxy groups -OCH3 is 1. The maximum absolute atomic E-state index is 13.7. The van der Waals surface area contributed by atoms with Gasteiger partial charge in [-0.25, -0.2) is 4.98 Å². The summed E-state index contributed by atoms with van der Waals surface area (Å²) in [6, 6.07) is 14.5. The minimum atomic E-state index is -0.325. The van der Waals surface area contributed by atoms with Gasteiger partial charge in [-0.15, -0.1) is 0 Å². The van der Waals surface area contributed by atoms with Crippen LogP contribution in [0.5, 0.6) is 5.75 Å². The van der Waals surface area contributed by atoms with Crippen molar-refractivity contribution in [3.8, 4) is 11.4 Å². The molecule has 0 bridgehead atoms.